The molecule has 0 aliphatic heterocycles. The second-order valence-electron chi connectivity index (χ2n) is 6.04. The normalized spacial score (nSPS) is 16.6. The van der Waals surface area contributed by atoms with Crippen molar-refractivity contribution in [2.75, 3.05) is 20.3 Å². The molecule has 2 aromatic rings. The summed E-state index contributed by atoms with van der Waals surface area (Å²) in [6.07, 6.45) is 9.10. The fraction of sp³-hybridized carbons (Fsp3) is 0.556. The van der Waals surface area contributed by atoms with Crippen molar-refractivity contribution < 1.29 is 4.74 Å². The SMILES string of the molecule is COCCNCc1cccc2ccn(C3CCCCC3)c12. The fourth-order valence-electron chi connectivity index (χ4n) is 3.50. The molecular formula is C18H26N2O. The van der Waals surface area contributed by atoms with Gasteiger partial charge in [-0.1, -0.05) is 37.5 Å². The average Bonchev–Trinajstić information content (AvgIpc) is 2.97. The molecule has 114 valence electrons. The highest BCUT2D eigenvalue weighted by Crippen LogP contribution is 2.32. The predicted molar refractivity (Wildman–Crippen MR) is 87.6 cm³/mol. The van der Waals surface area contributed by atoms with Gasteiger partial charge in [0, 0.05) is 32.4 Å². The standard InChI is InChI=1S/C18H26N2O/c1-21-13-11-19-14-16-7-5-6-15-10-12-20(18(15)16)17-8-3-2-4-9-17/h5-7,10,12,17,19H,2-4,8-9,11,13-14H2,1H3. The van der Waals surface area contributed by atoms with Crippen LogP contribution in [0.1, 0.15) is 43.7 Å². The van der Waals surface area contributed by atoms with E-state index < -0.39 is 0 Å². The molecule has 0 radical (unpaired) electrons. The van der Waals surface area contributed by atoms with Gasteiger partial charge in [-0.05, 0) is 29.9 Å². The Morgan fingerprint density at radius 2 is 2.05 bits per heavy atom. The van der Waals surface area contributed by atoms with E-state index in [1.165, 1.54) is 48.6 Å². The number of fused-ring (bicyclic) bond motifs is 1. The lowest BCUT2D eigenvalue weighted by Crippen LogP contribution is -2.19. The van der Waals surface area contributed by atoms with Crippen molar-refractivity contribution in [1.82, 2.24) is 9.88 Å². The molecule has 21 heavy (non-hydrogen) atoms. The van der Waals surface area contributed by atoms with E-state index in [0.717, 1.165) is 19.7 Å². The summed E-state index contributed by atoms with van der Waals surface area (Å²) < 4.78 is 7.63. The van der Waals surface area contributed by atoms with Gasteiger partial charge >= 0.3 is 0 Å². The predicted octanol–water partition coefficient (Wildman–Crippen LogP) is 3.88. The molecule has 1 heterocycles. The third-order valence-electron chi connectivity index (χ3n) is 4.59. The van der Waals surface area contributed by atoms with Crippen LogP contribution in [0.2, 0.25) is 0 Å². The number of hydrogen-bond acceptors (Lipinski definition) is 2. The van der Waals surface area contributed by atoms with E-state index >= 15 is 0 Å². The Labute approximate surface area is 127 Å². The van der Waals surface area contributed by atoms with Crippen molar-refractivity contribution in [3.05, 3.63) is 36.0 Å². The number of aromatic nitrogens is 1. The van der Waals surface area contributed by atoms with Crippen molar-refractivity contribution >= 4 is 10.9 Å². The van der Waals surface area contributed by atoms with Crippen LogP contribution < -0.4 is 5.32 Å². The van der Waals surface area contributed by atoms with Gasteiger partial charge in [0.2, 0.25) is 0 Å². The molecule has 0 amide bonds. The summed E-state index contributed by atoms with van der Waals surface area (Å²) >= 11 is 0. The lowest BCUT2D eigenvalue weighted by molar-refractivity contribution is 0.199. The Morgan fingerprint density at radius 3 is 2.86 bits per heavy atom. The molecule has 1 aliphatic rings. The highest BCUT2D eigenvalue weighted by molar-refractivity contribution is 5.83. The Balaban J connectivity index is 1.83. The molecule has 3 heteroatoms. The quantitative estimate of drug-likeness (QED) is 0.816. The number of nitrogens with one attached hydrogen (secondary N) is 1. The van der Waals surface area contributed by atoms with E-state index in [1.807, 2.05) is 0 Å². The first-order valence-electron chi connectivity index (χ1n) is 8.18. The highest BCUT2D eigenvalue weighted by Gasteiger charge is 2.17. The molecule has 1 N–H and O–H groups in total. The number of ether oxygens (including phenoxy) is 1. The molecule has 3 nitrogen and oxygen atoms in total. The van der Waals surface area contributed by atoms with Crippen LogP contribution in [-0.2, 0) is 11.3 Å². The van der Waals surface area contributed by atoms with Crippen molar-refractivity contribution in [2.45, 2.75) is 44.7 Å². The van der Waals surface area contributed by atoms with E-state index in [-0.39, 0.29) is 0 Å². The Hall–Kier alpha value is -1.32. The second-order valence-corrected chi connectivity index (χ2v) is 6.04. The molecule has 0 unspecified atom stereocenters. The van der Waals surface area contributed by atoms with Gasteiger partial charge in [-0.15, -0.1) is 0 Å². The Bertz CT molecular complexity index is 570. The van der Waals surface area contributed by atoms with Gasteiger partial charge < -0.3 is 14.6 Å². The number of para-hydroxylation sites is 1. The molecule has 1 fully saturated rings. The molecule has 1 saturated carbocycles. The van der Waals surface area contributed by atoms with Crippen LogP contribution >= 0.6 is 0 Å². The molecule has 1 aromatic heterocycles. The first-order chi connectivity index (χ1) is 10.4. The summed E-state index contributed by atoms with van der Waals surface area (Å²) in [4.78, 5) is 0. The largest absolute Gasteiger partial charge is 0.383 e. The van der Waals surface area contributed by atoms with Gasteiger partial charge in [-0.25, -0.2) is 0 Å². The van der Waals surface area contributed by atoms with Crippen molar-refractivity contribution in [3.8, 4) is 0 Å². The van der Waals surface area contributed by atoms with Crippen LogP contribution in [0, 0.1) is 0 Å². The zero-order valence-corrected chi connectivity index (χ0v) is 13.0. The third kappa shape index (κ3) is 3.30. The summed E-state index contributed by atoms with van der Waals surface area (Å²) in [6, 6.07) is 9.61. The summed E-state index contributed by atoms with van der Waals surface area (Å²) in [6.45, 7) is 2.58. The number of rotatable bonds is 6. The summed E-state index contributed by atoms with van der Waals surface area (Å²) in [7, 11) is 1.75. The van der Waals surface area contributed by atoms with E-state index in [1.54, 1.807) is 7.11 Å². The minimum atomic E-state index is 0.691. The summed E-state index contributed by atoms with van der Waals surface area (Å²) in [5, 5.41) is 4.84. The van der Waals surface area contributed by atoms with Crippen molar-refractivity contribution in [3.63, 3.8) is 0 Å². The monoisotopic (exact) mass is 286 g/mol. The van der Waals surface area contributed by atoms with Crippen LogP contribution in [0.4, 0.5) is 0 Å². The van der Waals surface area contributed by atoms with Crippen LogP contribution in [0.3, 0.4) is 0 Å². The van der Waals surface area contributed by atoms with Crippen molar-refractivity contribution in [2.24, 2.45) is 0 Å². The molecular weight excluding hydrogens is 260 g/mol. The van der Waals surface area contributed by atoms with E-state index in [9.17, 15) is 0 Å². The van der Waals surface area contributed by atoms with E-state index in [0.29, 0.717) is 6.04 Å². The Kier molecular flexibility index (Phi) is 4.94. The zero-order valence-electron chi connectivity index (χ0n) is 13.0. The van der Waals surface area contributed by atoms with Gasteiger partial charge in [0.1, 0.15) is 0 Å². The maximum absolute atomic E-state index is 5.10. The first kappa shape index (κ1) is 14.6. The van der Waals surface area contributed by atoms with Gasteiger partial charge in [0.15, 0.2) is 0 Å². The third-order valence-corrected chi connectivity index (χ3v) is 4.59. The molecule has 0 atom stereocenters. The first-order valence-corrected chi connectivity index (χ1v) is 8.18. The van der Waals surface area contributed by atoms with Crippen LogP contribution in [0.15, 0.2) is 30.5 Å². The lowest BCUT2D eigenvalue weighted by Gasteiger charge is -2.25. The topological polar surface area (TPSA) is 26.2 Å². The van der Waals surface area contributed by atoms with Gasteiger partial charge in [-0.3, -0.25) is 0 Å². The number of benzene rings is 1. The lowest BCUT2D eigenvalue weighted by atomic mass is 9.95. The van der Waals surface area contributed by atoms with E-state index in [2.05, 4.69) is 40.3 Å². The maximum Gasteiger partial charge on any atom is 0.0587 e. The van der Waals surface area contributed by atoms with Crippen LogP contribution in [0.25, 0.3) is 10.9 Å². The molecule has 0 bridgehead atoms. The molecule has 3 rings (SSSR count). The van der Waals surface area contributed by atoms with Gasteiger partial charge in [0.05, 0.1) is 12.1 Å². The molecule has 0 saturated heterocycles. The summed E-state index contributed by atoms with van der Waals surface area (Å²) in [5.74, 6) is 0. The highest BCUT2D eigenvalue weighted by atomic mass is 16.5. The van der Waals surface area contributed by atoms with Crippen LogP contribution in [-0.4, -0.2) is 24.8 Å². The molecule has 1 aromatic carbocycles. The minimum absolute atomic E-state index is 0.691. The zero-order chi connectivity index (χ0) is 14.5. The summed E-state index contributed by atoms with van der Waals surface area (Å²) in [5.41, 5.74) is 2.83. The van der Waals surface area contributed by atoms with Crippen molar-refractivity contribution in [1.29, 1.82) is 0 Å². The van der Waals surface area contributed by atoms with Crippen LogP contribution in [0.5, 0.6) is 0 Å². The number of nitrogens with zero attached hydrogens (tertiary/aromatic N) is 1. The number of hydrogen-bond donors (Lipinski definition) is 1. The van der Waals surface area contributed by atoms with Gasteiger partial charge in [-0.2, -0.15) is 0 Å². The molecule has 0 spiro atoms. The fourth-order valence-corrected chi connectivity index (χ4v) is 3.50. The maximum atomic E-state index is 5.10. The smallest absolute Gasteiger partial charge is 0.0587 e. The average molecular weight is 286 g/mol. The van der Waals surface area contributed by atoms with E-state index in [4.69, 9.17) is 4.74 Å². The number of methoxy groups -OCH3 is 1. The minimum Gasteiger partial charge on any atom is -0.383 e. The molecule has 1 aliphatic carbocycles. The van der Waals surface area contributed by atoms with Gasteiger partial charge in [0.25, 0.3) is 0 Å². The Morgan fingerprint density at radius 1 is 1.19 bits per heavy atom. The second kappa shape index (κ2) is 7.10.